The predicted molar refractivity (Wildman–Crippen MR) is 67.6 cm³/mol. The van der Waals surface area contributed by atoms with E-state index in [4.69, 9.17) is 14.6 Å². The first-order valence-electron chi connectivity index (χ1n) is 6.64. The lowest BCUT2D eigenvalue weighted by atomic mass is 9.99. The van der Waals surface area contributed by atoms with Gasteiger partial charge in [-0.2, -0.15) is 0 Å². The molecule has 0 aliphatic carbocycles. The number of ether oxygens (including phenoxy) is 2. The fraction of sp³-hybridized carbons (Fsp3) is 0.917. The van der Waals surface area contributed by atoms with E-state index >= 15 is 0 Å². The van der Waals surface area contributed by atoms with Crippen molar-refractivity contribution in [1.29, 1.82) is 0 Å². The van der Waals surface area contributed by atoms with Crippen molar-refractivity contribution >= 4 is 5.91 Å². The molecule has 118 valence electrons. The molecule has 1 fully saturated rings. The quantitative estimate of drug-likeness (QED) is 0.334. The Balaban J connectivity index is 2.30. The van der Waals surface area contributed by atoms with Crippen molar-refractivity contribution in [2.75, 3.05) is 20.3 Å². The Morgan fingerprint density at radius 2 is 1.90 bits per heavy atom. The Labute approximate surface area is 117 Å². The molecule has 0 aromatic heterocycles. The summed E-state index contributed by atoms with van der Waals surface area (Å²) >= 11 is 0. The molecule has 8 nitrogen and oxygen atoms in total. The van der Waals surface area contributed by atoms with Gasteiger partial charge in [0, 0.05) is 20.1 Å². The zero-order chi connectivity index (χ0) is 15.1. The summed E-state index contributed by atoms with van der Waals surface area (Å²) in [5.74, 6) is -0.0576. The van der Waals surface area contributed by atoms with E-state index < -0.39 is 37.3 Å². The molecule has 1 aliphatic rings. The Kier molecular flexibility index (Phi) is 7.35. The van der Waals surface area contributed by atoms with E-state index in [9.17, 15) is 20.1 Å². The van der Waals surface area contributed by atoms with Crippen molar-refractivity contribution < 1.29 is 34.7 Å². The summed E-state index contributed by atoms with van der Waals surface area (Å²) in [6.07, 6.45) is -4.69. The summed E-state index contributed by atoms with van der Waals surface area (Å²) in [7, 11) is 1.56. The van der Waals surface area contributed by atoms with Crippen molar-refractivity contribution in [3.63, 3.8) is 0 Å². The van der Waals surface area contributed by atoms with E-state index in [0.29, 0.717) is 19.3 Å². The minimum absolute atomic E-state index is 0.0576. The highest BCUT2D eigenvalue weighted by Gasteiger charge is 2.43. The molecule has 5 N–H and O–H groups in total. The van der Waals surface area contributed by atoms with Crippen LogP contribution in [-0.4, -0.2) is 77.3 Å². The molecule has 1 heterocycles. The average molecular weight is 293 g/mol. The number of aliphatic hydroxyl groups excluding tert-OH is 4. The summed E-state index contributed by atoms with van der Waals surface area (Å²) in [6.45, 7) is -0.249. The SMILES string of the molecule is CNC(=O)CCCCOC1OC(CO)C(O)C(O)C1O. The molecule has 0 saturated carbocycles. The van der Waals surface area contributed by atoms with E-state index in [0.717, 1.165) is 0 Å². The molecule has 0 radical (unpaired) electrons. The molecule has 5 unspecified atom stereocenters. The van der Waals surface area contributed by atoms with Crippen molar-refractivity contribution in [2.45, 2.75) is 50.0 Å². The molecule has 1 saturated heterocycles. The largest absolute Gasteiger partial charge is 0.394 e. The van der Waals surface area contributed by atoms with Gasteiger partial charge in [-0.3, -0.25) is 4.79 Å². The molecule has 1 amide bonds. The molecule has 0 bridgehead atoms. The maximum Gasteiger partial charge on any atom is 0.219 e. The van der Waals surface area contributed by atoms with Crippen molar-refractivity contribution in [3.8, 4) is 0 Å². The smallest absolute Gasteiger partial charge is 0.219 e. The van der Waals surface area contributed by atoms with Crippen LogP contribution in [0.3, 0.4) is 0 Å². The first-order chi connectivity index (χ1) is 9.51. The van der Waals surface area contributed by atoms with Gasteiger partial charge in [0.2, 0.25) is 5.91 Å². The summed E-state index contributed by atoms with van der Waals surface area (Å²) in [5, 5.41) is 40.3. The second-order valence-corrected chi connectivity index (χ2v) is 4.70. The molecular formula is C12H23NO7. The van der Waals surface area contributed by atoms with Gasteiger partial charge in [-0.25, -0.2) is 0 Å². The third kappa shape index (κ3) is 4.65. The number of amides is 1. The molecule has 8 heteroatoms. The third-order valence-corrected chi connectivity index (χ3v) is 3.21. The van der Waals surface area contributed by atoms with Crippen LogP contribution >= 0.6 is 0 Å². The highest BCUT2D eigenvalue weighted by atomic mass is 16.7. The Hall–Kier alpha value is -0.770. The lowest BCUT2D eigenvalue weighted by Gasteiger charge is -2.39. The van der Waals surface area contributed by atoms with Gasteiger partial charge in [0.05, 0.1) is 6.61 Å². The number of carbonyl (C=O) groups is 1. The molecular weight excluding hydrogens is 270 g/mol. The number of rotatable bonds is 7. The van der Waals surface area contributed by atoms with Crippen LogP contribution in [0.4, 0.5) is 0 Å². The molecule has 0 spiro atoms. The van der Waals surface area contributed by atoms with Crippen LogP contribution in [0.2, 0.25) is 0 Å². The van der Waals surface area contributed by atoms with Gasteiger partial charge in [0.15, 0.2) is 6.29 Å². The Bertz CT molecular complexity index is 300. The van der Waals surface area contributed by atoms with Crippen LogP contribution < -0.4 is 5.32 Å². The van der Waals surface area contributed by atoms with Crippen LogP contribution in [-0.2, 0) is 14.3 Å². The van der Waals surface area contributed by atoms with Crippen LogP contribution in [0, 0.1) is 0 Å². The highest BCUT2D eigenvalue weighted by molar-refractivity contribution is 5.75. The summed E-state index contributed by atoms with van der Waals surface area (Å²) in [6, 6.07) is 0. The lowest BCUT2D eigenvalue weighted by Crippen LogP contribution is -2.59. The molecule has 5 atom stereocenters. The van der Waals surface area contributed by atoms with Crippen LogP contribution in [0.25, 0.3) is 0 Å². The van der Waals surface area contributed by atoms with Crippen LogP contribution in [0.15, 0.2) is 0 Å². The number of hydrogen-bond acceptors (Lipinski definition) is 7. The van der Waals surface area contributed by atoms with Gasteiger partial charge < -0.3 is 35.2 Å². The average Bonchev–Trinajstić information content (AvgIpc) is 2.46. The second-order valence-electron chi connectivity index (χ2n) is 4.70. The Morgan fingerprint density at radius 1 is 1.20 bits per heavy atom. The van der Waals surface area contributed by atoms with Gasteiger partial charge >= 0.3 is 0 Å². The third-order valence-electron chi connectivity index (χ3n) is 3.21. The first-order valence-corrected chi connectivity index (χ1v) is 6.64. The maximum absolute atomic E-state index is 11.0. The highest BCUT2D eigenvalue weighted by Crippen LogP contribution is 2.22. The number of aliphatic hydroxyl groups is 4. The van der Waals surface area contributed by atoms with E-state index in [1.807, 2.05) is 0 Å². The van der Waals surface area contributed by atoms with E-state index in [2.05, 4.69) is 5.32 Å². The minimum Gasteiger partial charge on any atom is -0.394 e. The van der Waals surface area contributed by atoms with E-state index in [1.54, 1.807) is 7.05 Å². The molecule has 1 aliphatic heterocycles. The van der Waals surface area contributed by atoms with Crippen molar-refractivity contribution in [3.05, 3.63) is 0 Å². The van der Waals surface area contributed by atoms with Gasteiger partial charge in [0.1, 0.15) is 24.4 Å². The summed E-state index contributed by atoms with van der Waals surface area (Å²) < 4.78 is 10.4. The van der Waals surface area contributed by atoms with Crippen LogP contribution in [0.5, 0.6) is 0 Å². The van der Waals surface area contributed by atoms with Crippen molar-refractivity contribution in [1.82, 2.24) is 5.32 Å². The summed E-state index contributed by atoms with van der Waals surface area (Å²) in [5.41, 5.74) is 0. The van der Waals surface area contributed by atoms with Gasteiger partial charge in [-0.05, 0) is 12.8 Å². The zero-order valence-corrected chi connectivity index (χ0v) is 11.4. The monoisotopic (exact) mass is 293 g/mol. The fourth-order valence-electron chi connectivity index (χ4n) is 1.92. The topological polar surface area (TPSA) is 128 Å². The second kappa shape index (κ2) is 8.50. The predicted octanol–water partition coefficient (Wildman–Crippen LogP) is -2.28. The normalized spacial score (nSPS) is 34.0. The number of nitrogens with one attached hydrogen (secondary N) is 1. The number of unbranched alkanes of at least 4 members (excludes halogenated alkanes) is 1. The standard InChI is InChI=1S/C12H23NO7/c1-13-8(15)4-2-3-5-19-12-11(18)10(17)9(16)7(6-14)20-12/h7,9-12,14,16-18H,2-6H2,1H3,(H,13,15). The number of carbonyl (C=O) groups excluding carboxylic acids is 1. The molecule has 1 rings (SSSR count). The zero-order valence-electron chi connectivity index (χ0n) is 11.4. The van der Waals surface area contributed by atoms with Crippen LogP contribution in [0.1, 0.15) is 19.3 Å². The minimum atomic E-state index is -1.43. The van der Waals surface area contributed by atoms with Gasteiger partial charge in [-0.15, -0.1) is 0 Å². The van der Waals surface area contributed by atoms with Crippen molar-refractivity contribution in [2.24, 2.45) is 0 Å². The molecule has 0 aromatic carbocycles. The maximum atomic E-state index is 11.0. The Morgan fingerprint density at radius 3 is 2.50 bits per heavy atom. The first kappa shape index (κ1) is 17.3. The number of hydrogen-bond donors (Lipinski definition) is 5. The van der Waals surface area contributed by atoms with Gasteiger partial charge in [0.25, 0.3) is 0 Å². The fourth-order valence-corrected chi connectivity index (χ4v) is 1.92. The summed E-state index contributed by atoms with van der Waals surface area (Å²) in [4.78, 5) is 11.0. The molecule has 0 aromatic rings. The molecule has 20 heavy (non-hydrogen) atoms. The van der Waals surface area contributed by atoms with E-state index in [1.165, 1.54) is 0 Å². The van der Waals surface area contributed by atoms with Gasteiger partial charge in [-0.1, -0.05) is 0 Å². The lowest BCUT2D eigenvalue weighted by molar-refractivity contribution is -0.301. The van der Waals surface area contributed by atoms with E-state index in [-0.39, 0.29) is 12.5 Å².